The predicted octanol–water partition coefficient (Wildman–Crippen LogP) is 4.52. The minimum Gasteiger partial charge on any atom is -0.487 e. The van der Waals surface area contributed by atoms with E-state index in [1.807, 2.05) is 24.3 Å². The summed E-state index contributed by atoms with van der Waals surface area (Å²) in [5, 5.41) is 14.3. The number of hydrogen-bond donors (Lipinski definition) is 1. The maximum atomic E-state index is 12.5. The van der Waals surface area contributed by atoms with Crippen LogP contribution in [0.2, 0.25) is 5.02 Å². The standard InChI is InChI=1S/C17H10ClN3O4S/c18-9-5-6-12(21(23)24)11(7-9)16(22)20-17-19-15-10-3-1-2-4-13(10)25-8-14(15)26-17/h1-7H,8H2,(H,19,20,22). The number of carbonyl (C=O) groups is 1. The monoisotopic (exact) mass is 387 g/mol. The van der Waals surface area contributed by atoms with Gasteiger partial charge in [0.05, 0.1) is 15.5 Å². The van der Waals surface area contributed by atoms with Crippen molar-refractivity contribution in [2.24, 2.45) is 0 Å². The van der Waals surface area contributed by atoms with Crippen LogP contribution in [0, 0.1) is 10.1 Å². The molecule has 4 rings (SSSR count). The van der Waals surface area contributed by atoms with Gasteiger partial charge in [-0.2, -0.15) is 0 Å². The number of nitro benzene ring substituents is 1. The zero-order valence-corrected chi connectivity index (χ0v) is 14.6. The molecule has 0 radical (unpaired) electrons. The quantitative estimate of drug-likeness (QED) is 0.526. The summed E-state index contributed by atoms with van der Waals surface area (Å²) in [7, 11) is 0. The van der Waals surface area contributed by atoms with Crippen LogP contribution in [0.25, 0.3) is 11.3 Å². The van der Waals surface area contributed by atoms with Gasteiger partial charge in [-0.25, -0.2) is 4.98 Å². The zero-order valence-electron chi connectivity index (χ0n) is 13.1. The van der Waals surface area contributed by atoms with Crippen molar-refractivity contribution in [2.75, 3.05) is 5.32 Å². The largest absolute Gasteiger partial charge is 0.487 e. The molecule has 130 valence electrons. The fourth-order valence-electron chi connectivity index (χ4n) is 2.66. The van der Waals surface area contributed by atoms with Crippen LogP contribution in [0.1, 0.15) is 15.2 Å². The highest BCUT2D eigenvalue weighted by Gasteiger charge is 2.25. The van der Waals surface area contributed by atoms with Crippen molar-refractivity contribution in [3.05, 3.63) is 68.0 Å². The molecule has 0 aliphatic carbocycles. The van der Waals surface area contributed by atoms with E-state index in [1.54, 1.807) is 0 Å². The molecule has 7 nitrogen and oxygen atoms in total. The third-order valence-electron chi connectivity index (χ3n) is 3.82. The zero-order chi connectivity index (χ0) is 18.3. The third kappa shape index (κ3) is 2.89. The van der Waals surface area contributed by atoms with E-state index in [9.17, 15) is 14.9 Å². The molecule has 0 unspecified atom stereocenters. The number of benzene rings is 2. The Hall–Kier alpha value is -2.97. The third-order valence-corrected chi connectivity index (χ3v) is 5.00. The highest BCUT2D eigenvalue weighted by Crippen LogP contribution is 2.40. The van der Waals surface area contributed by atoms with Gasteiger partial charge in [-0.3, -0.25) is 20.2 Å². The number of nitro groups is 1. The van der Waals surface area contributed by atoms with E-state index in [2.05, 4.69) is 10.3 Å². The summed E-state index contributed by atoms with van der Waals surface area (Å²) >= 11 is 7.14. The molecule has 1 N–H and O–H groups in total. The van der Waals surface area contributed by atoms with Crippen LogP contribution in [0.15, 0.2) is 42.5 Å². The molecule has 0 spiro atoms. The molecule has 0 saturated heterocycles. The number of amides is 1. The van der Waals surface area contributed by atoms with Gasteiger partial charge in [0.1, 0.15) is 17.9 Å². The lowest BCUT2D eigenvalue weighted by atomic mass is 10.1. The SMILES string of the molecule is O=C(Nc1nc2c(s1)COc1ccccc1-2)c1cc(Cl)ccc1[N+](=O)[O-]. The molecule has 2 aromatic carbocycles. The summed E-state index contributed by atoms with van der Waals surface area (Å²) < 4.78 is 5.67. The Balaban J connectivity index is 1.66. The Morgan fingerprint density at radius 2 is 2.12 bits per heavy atom. The summed E-state index contributed by atoms with van der Waals surface area (Å²) in [5.41, 5.74) is 1.15. The Kier molecular flexibility index (Phi) is 4.06. The first kappa shape index (κ1) is 16.5. The molecule has 1 aromatic heterocycles. The second-order valence-corrected chi connectivity index (χ2v) is 6.97. The van der Waals surface area contributed by atoms with Crippen LogP contribution in [-0.2, 0) is 6.61 Å². The molecule has 1 aliphatic heterocycles. The van der Waals surface area contributed by atoms with E-state index >= 15 is 0 Å². The molecule has 0 bridgehead atoms. The van der Waals surface area contributed by atoms with Gasteiger partial charge in [-0.15, -0.1) is 0 Å². The van der Waals surface area contributed by atoms with Gasteiger partial charge in [0.2, 0.25) is 0 Å². The van der Waals surface area contributed by atoms with Gasteiger partial charge >= 0.3 is 0 Å². The first-order chi connectivity index (χ1) is 12.5. The van der Waals surface area contributed by atoms with Crippen LogP contribution in [0.5, 0.6) is 5.75 Å². The minimum atomic E-state index is -0.639. The Bertz CT molecular complexity index is 1050. The number of nitrogens with zero attached hydrogens (tertiary/aromatic N) is 2. The summed E-state index contributed by atoms with van der Waals surface area (Å²) in [6.07, 6.45) is 0. The van der Waals surface area contributed by atoms with Gasteiger partial charge in [0, 0.05) is 16.7 Å². The highest BCUT2D eigenvalue weighted by molar-refractivity contribution is 7.16. The van der Waals surface area contributed by atoms with Gasteiger partial charge in [-0.05, 0) is 24.3 Å². The van der Waals surface area contributed by atoms with Gasteiger partial charge < -0.3 is 4.74 Å². The molecule has 0 atom stereocenters. The summed E-state index contributed by atoms with van der Waals surface area (Å²) in [6, 6.07) is 11.3. The smallest absolute Gasteiger partial charge is 0.282 e. The Morgan fingerprint density at radius 1 is 1.31 bits per heavy atom. The fourth-order valence-corrected chi connectivity index (χ4v) is 3.71. The second-order valence-electron chi connectivity index (χ2n) is 5.45. The molecule has 1 amide bonds. The number of fused-ring (bicyclic) bond motifs is 3. The van der Waals surface area contributed by atoms with Gasteiger partial charge in [-0.1, -0.05) is 35.1 Å². The topological polar surface area (TPSA) is 94.4 Å². The second kappa shape index (κ2) is 6.40. The summed E-state index contributed by atoms with van der Waals surface area (Å²) in [5.74, 6) is 0.0909. The fraction of sp³-hybridized carbons (Fsp3) is 0.0588. The number of carbonyl (C=O) groups excluding carboxylic acids is 1. The van der Waals surface area contributed by atoms with Crippen molar-refractivity contribution >= 4 is 39.7 Å². The lowest BCUT2D eigenvalue weighted by molar-refractivity contribution is -0.385. The number of anilines is 1. The maximum absolute atomic E-state index is 12.5. The number of nitrogens with one attached hydrogen (secondary N) is 1. The van der Waals surface area contributed by atoms with Crippen molar-refractivity contribution in [1.29, 1.82) is 0 Å². The molecule has 26 heavy (non-hydrogen) atoms. The van der Waals surface area contributed by atoms with Crippen molar-refractivity contribution in [1.82, 2.24) is 4.98 Å². The van der Waals surface area contributed by atoms with Crippen LogP contribution in [0.3, 0.4) is 0 Å². The summed E-state index contributed by atoms with van der Waals surface area (Å²) in [4.78, 5) is 28.4. The molecule has 0 fully saturated rings. The summed E-state index contributed by atoms with van der Waals surface area (Å²) in [6.45, 7) is 0.358. The Morgan fingerprint density at radius 3 is 2.92 bits per heavy atom. The molecule has 0 saturated carbocycles. The van der Waals surface area contributed by atoms with E-state index in [1.165, 1.54) is 29.5 Å². The average Bonchev–Trinajstić information content (AvgIpc) is 3.04. The molecular weight excluding hydrogens is 378 g/mol. The van der Waals surface area contributed by atoms with Crippen LogP contribution in [-0.4, -0.2) is 15.8 Å². The molecular formula is C17H10ClN3O4S. The number of halogens is 1. The molecule has 2 heterocycles. The lowest BCUT2D eigenvalue weighted by Crippen LogP contribution is -2.13. The first-order valence-electron chi connectivity index (χ1n) is 7.50. The number of hydrogen-bond acceptors (Lipinski definition) is 6. The lowest BCUT2D eigenvalue weighted by Gasteiger charge is -2.15. The number of thiazole rings is 1. The Labute approximate surface area is 156 Å². The number of para-hydroxylation sites is 1. The van der Waals surface area contributed by atoms with Gasteiger partial charge in [0.15, 0.2) is 5.13 Å². The van der Waals surface area contributed by atoms with Crippen molar-refractivity contribution in [3.8, 4) is 17.0 Å². The number of aromatic nitrogens is 1. The average molecular weight is 388 g/mol. The predicted molar refractivity (Wildman–Crippen MR) is 97.9 cm³/mol. The number of ether oxygens (including phenoxy) is 1. The van der Waals surface area contributed by atoms with E-state index in [4.69, 9.17) is 16.3 Å². The van der Waals surface area contributed by atoms with E-state index < -0.39 is 10.8 Å². The van der Waals surface area contributed by atoms with Crippen LogP contribution < -0.4 is 10.1 Å². The highest BCUT2D eigenvalue weighted by atomic mass is 35.5. The molecule has 9 heteroatoms. The minimum absolute atomic E-state index is 0.118. The normalized spacial score (nSPS) is 11.9. The van der Waals surface area contributed by atoms with E-state index in [-0.39, 0.29) is 16.3 Å². The van der Waals surface area contributed by atoms with Crippen molar-refractivity contribution in [2.45, 2.75) is 6.61 Å². The molecule has 1 aliphatic rings. The first-order valence-corrected chi connectivity index (χ1v) is 8.69. The van der Waals surface area contributed by atoms with E-state index in [0.717, 1.165) is 21.9 Å². The van der Waals surface area contributed by atoms with Gasteiger partial charge in [0.25, 0.3) is 11.6 Å². The van der Waals surface area contributed by atoms with Crippen LogP contribution >= 0.6 is 22.9 Å². The van der Waals surface area contributed by atoms with E-state index in [0.29, 0.717) is 11.7 Å². The van der Waals surface area contributed by atoms with Crippen molar-refractivity contribution in [3.63, 3.8) is 0 Å². The number of rotatable bonds is 3. The van der Waals surface area contributed by atoms with Crippen molar-refractivity contribution < 1.29 is 14.5 Å². The van der Waals surface area contributed by atoms with Crippen LogP contribution in [0.4, 0.5) is 10.8 Å². The maximum Gasteiger partial charge on any atom is 0.282 e. The molecule has 3 aromatic rings.